The van der Waals surface area contributed by atoms with Gasteiger partial charge in [-0.25, -0.2) is 4.79 Å². The molecular weight excluding hydrogens is 192 g/mol. The molecule has 0 aliphatic heterocycles. The van der Waals surface area contributed by atoms with Crippen LogP contribution in [0.3, 0.4) is 0 Å². The molecule has 0 spiro atoms. The predicted molar refractivity (Wildman–Crippen MR) is 46.9 cm³/mol. The number of aromatic nitrogens is 2. The number of nitrogens with zero attached hydrogens (tertiary/aromatic N) is 2. The highest BCUT2D eigenvalue weighted by atomic mass is 35.5. The summed E-state index contributed by atoms with van der Waals surface area (Å²) in [5.74, 6) is -1.01. The van der Waals surface area contributed by atoms with Gasteiger partial charge in [-0.3, -0.25) is 4.68 Å². The van der Waals surface area contributed by atoms with Gasteiger partial charge in [0.2, 0.25) is 0 Å². The Morgan fingerprint density at radius 3 is 2.77 bits per heavy atom. The zero-order chi connectivity index (χ0) is 9.64. The largest absolute Gasteiger partial charge is 0.476 e. The van der Waals surface area contributed by atoms with E-state index in [1.807, 2.05) is 0 Å². The lowest BCUT2D eigenvalue weighted by molar-refractivity contribution is 0.0689. The molecule has 0 aromatic carbocycles. The van der Waals surface area contributed by atoms with Crippen molar-refractivity contribution in [1.29, 1.82) is 0 Å². The van der Waals surface area contributed by atoms with Crippen LogP contribution < -0.4 is 0 Å². The van der Waals surface area contributed by atoms with E-state index in [4.69, 9.17) is 16.7 Å². The van der Waals surface area contributed by atoms with E-state index in [-0.39, 0.29) is 10.6 Å². The maximum atomic E-state index is 10.6. The van der Waals surface area contributed by atoms with Crippen molar-refractivity contribution >= 4 is 17.6 Å². The Hall–Kier alpha value is -1.03. The highest BCUT2D eigenvalue weighted by Crippen LogP contribution is 2.51. The average Bonchev–Trinajstić information content (AvgIpc) is 2.63. The maximum Gasteiger partial charge on any atom is 0.356 e. The second-order valence-corrected chi connectivity index (χ2v) is 4.03. The van der Waals surface area contributed by atoms with Crippen LogP contribution in [0, 0.1) is 0 Å². The normalized spacial score (nSPS) is 18.6. The lowest BCUT2D eigenvalue weighted by Gasteiger charge is -2.04. The van der Waals surface area contributed by atoms with E-state index in [0.717, 1.165) is 18.5 Å². The van der Waals surface area contributed by atoms with Gasteiger partial charge in [0.05, 0.1) is 10.6 Å². The molecular formula is C8H9ClN2O2. The summed E-state index contributed by atoms with van der Waals surface area (Å²) in [6.07, 6.45) is 1.79. The van der Waals surface area contributed by atoms with Crippen molar-refractivity contribution in [3.05, 3.63) is 17.5 Å². The van der Waals surface area contributed by atoms with E-state index >= 15 is 0 Å². The van der Waals surface area contributed by atoms with E-state index in [1.54, 1.807) is 17.8 Å². The fourth-order valence-corrected chi connectivity index (χ4v) is 1.63. The van der Waals surface area contributed by atoms with Gasteiger partial charge in [0, 0.05) is 7.05 Å². The summed E-state index contributed by atoms with van der Waals surface area (Å²) in [5.41, 5.74) is 0.857. The molecule has 0 radical (unpaired) electrons. The van der Waals surface area contributed by atoms with Gasteiger partial charge in [0.15, 0.2) is 5.69 Å². The quantitative estimate of drug-likeness (QED) is 0.734. The van der Waals surface area contributed by atoms with Crippen molar-refractivity contribution in [3.63, 3.8) is 0 Å². The molecule has 1 heterocycles. The number of halogens is 1. The second kappa shape index (κ2) is 2.48. The predicted octanol–water partition coefficient (Wildman–Crippen LogP) is 1.35. The van der Waals surface area contributed by atoms with Gasteiger partial charge in [-0.2, -0.15) is 5.10 Å². The minimum atomic E-state index is -1.01. The van der Waals surface area contributed by atoms with Gasteiger partial charge < -0.3 is 5.11 Å². The Labute approximate surface area is 80.1 Å². The van der Waals surface area contributed by atoms with Crippen LogP contribution in [0.15, 0.2) is 6.07 Å². The highest BCUT2D eigenvalue weighted by Gasteiger charge is 2.45. The van der Waals surface area contributed by atoms with Crippen LogP contribution in [-0.2, 0) is 11.9 Å². The van der Waals surface area contributed by atoms with Crippen LogP contribution in [0.4, 0.5) is 0 Å². The van der Waals surface area contributed by atoms with Crippen molar-refractivity contribution in [3.8, 4) is 0 Å². The number of aromatic carboxylic acids is 1. The van der Waals surface area contributed by atoms with Crippen molar-refractivity contribution in [2.75, 3.05) is 0 Å². The Balaban J connectivity index is 2.42. The lowest BCUT2D eigenvalue weighted by Crippen LogP contribution is -2.05. The topological polar surface area (TPSA) is 55.1 Å². The summed E-state index contributed by atoms with van der Waals surface area (Å²) >= 11 is 6.14. The number of rotatable bonds is 2. The first-order valence-corrected chi connectivity index (χ1v) is 4.37. The lowest BCUT2D eigenvalue weighted by atomic mass is 10.2. The third-order valence-electron chi connectivity index (χ3n) is 2.25. The van der Waals surface area contributed by atoms with Gasteiger partial charge in [0.1, 0.15) is 0 Å². The van der Waals surface area contributed by atoms with Crippen LogP contribution in [-0.4, -0.2) is 20.9 Å². The molecule has 0 saturated heterocycles. The smallest absolute Gasteiger partial charge is 0.356 e. The molecule has 0 atom stereocenters. The fraction of sp³-hybridized carbons (Fsp3) is 0.500. The number of carboxylic acids is 1. The highest BCUT2D eigenvalue weighted by molar-refractivity contribution is 6.25. The standard InChI is InChI=1S/C8H9ClN2O2/c1-11-6(8(9)2-3-8)4-5(10-11)7(12)13/h4H,2-3H2,1H3,(H,12,13). The third-order valence-corrected chi connectivity index (χ3v) is 2.82. The molecule has 1 aromatic heterocycles. The summed E-state index contributed by atoms with van der Waals surface area (Å²) in [5, 5.41) is 12.5. The van der Waals surface area contributed by atoms with E-state index in [9.17, 15) is 4.79 Å². The maximum absolute atomic E-state index is 10.6. The first kappa shape index (κ1) is 8.56. The van der Waals surface area contributed by atoms with E-state index in [0.29, 0.717) is 0 Å². The van der Waals surface area contributed by atoms with Crippen LogP contribution >= 0.6 is 11.6 Å². The minimum Gasteiger partial charge on any atom is -0.476 e. The van der Waals surface area contributed by atoms with Crippen molar-refractivity contribution in [1.82, 2.24) is 9.78 Å². The van der Waals surface area contributed by atoms with Crippen molar-refractivity contribution < 1.29 is 9.90 Å². The summed E-state index contributed by atoms with van der Waals surface area (Å²) in [4.78, 5) is 10.2. The van der Waals surface area contributed by atoms with Crippen LogP contribution in [0.5, 0.6) is 0 Å². The Kier molecular flexibility index (Phi) is 1.63. The Morgan fingerprint density at radius 1 is 1.77 bits per heavy atom. The number of carboxylic acid groups (broad SMARTS) is 1. The summed E-state index contributed by atoms with van der Waals surface area (Å²) in [6.45, 7) is 0. The Morgan fingerprint density at radius 2 is 2.38 bits per heavy atom. The number of carbonyl (C=O) groups is 1. The van der Waals surface area contributed by atoms with E-state index < -0.39 is 5.97 Å². The first-order chi connectivity index (χ1) is 6.03. The Bertz CT molecular complexity index is 368. The monoisotopic (exact) mass is 200 g/mol. The molecule has 4 nitrogen and oxygen atoms in total. The van der Waals surface area contributed by atoms with Crippen LogP contribution in [0.2, 0.25) is 0 Å². The molecule has 0 unspecified atom stereocenters. The summed E-state index contributed by atoms with van der Waals surface area (Å²) in [6, 6.07) is 1.54. The van der Waals surface area contributed by atoms with E-state index in [1.165, 1.54) is 0 Å². The molecule has 70 valence electrons. The molecule has 2 rings (SSSR count). The molecule has 0 bridgehead atoms. The van der Waals surface area contributed by atoms with Crippen LogP contribution in [0.1, 0.15) is 29.0 Å². The zero-order valence-electron chi connectivity index (χ0n) is 7.12. The summed E-state index contributed by atoms with van der Waals surface area (Å²) < 4.78 is 1.55. The van der Waals surface area contributed by atoms with Gasteiger partial charge in [0.25, 0.3) is 0 Å². The number of alkyl halides is 1. The third kappa shape index (κ3) is 1.31. The van der Waals surface area contributed by atoms with Gasteiger partial charge in [-0.05, 0) is 18.9 Å². The second-order valence-electron chi connectivity index (χ2n) is 3.31. The molecule has 1 fully saturated rings. The van der Waals surface area contributed by atoms with Gasteiger partial charge in [-0.1, -0.05) is 0 Å². The molecule has 1 N–H and O–H groups in total. The minimum absolute atomic E-state index is 0.0597. The van der Waals surface area contributed by atoms with Gasteiger partial charge in [-0.15, -0.1) is 11.6 Å². The van der Waals surface area contributed by atoms with Crippen molar-refractivity contribution in [2.24, 2.45) is 7.05 Å². The number of hydrogen-bond acceptors (Lipinski definition) is 2. The molecule has 1 aromatic rings. The van der Waals surface area contributed by atoms with E-state index in [2.05, 4.69) is 5.10 Å². The van der Waals surface area contributed by atoms with Crippen LogP contribution in [0.25, 0.3) is 0 Å². The SMILES string of the molecule is Cn1nc(C(=O)O)cc1C1(Cl)CC1. The number of hydrogen-bond donors (Lipinski definition) is 1. The van der Waals surface area contributed by atoms with Crippen molar-refractivity contribution in [2.45, 2.75) is 17.7 Å². The van der Waals surface area contributed by atoms with Gasteiger partial charge >= 0.3 is 5.97 Å². The zero-order valence-corrected chi connectivity index (χ0v) is 7.88. The molecule has 1 aliphatic rings. The molecule has 1 aliphatic carbocycles. The fourth-order valence-electron chi connectivity index (χ4n) is 1.36. The molecule has 5 heteroatoms. The summed E-state index contributed by atoms with van der Waals surface area (Å²) in [7, 11) is 1.71. The molecule has 0 amide bonds. The molecule has 1 saturated carbocycles. The first-order valence-electron chi connectivity index (χ1n) is 4.00. The molecule has 13 heavy (non-hydrogen) atoms. The average molecular weight is 201 g/mol. The number of aryl methyl sites for hydroxylation is 1.